The summed E-state index contributed by atoms with van der Waals surface area (Å²) in [7, 11) is 0. The van der Waals surface area contributed by atoms with E-state index in [9.17, 15) is 0 Å². The molecule has 0 spiro atoms. The smallest absolute Gasteiger partial charge is 0.163 e. The van der Waals surface area contributed by atoms with Gasteiger partial charge in [0, 0.05) is 24.0 Å². The van der Waals surface area contributed by atoms with Gasteiger partial charge in [-0.05, 0) is 31.9 Å². The molecule has 0 unspecified atom stereocenters. The van der Waals surface area contributed by atoms with Gasteiger partial charge in [-0.3, -0.25) is 0 Å². The molecule has 1 aliphatic rings. The van der Waals surface area contributed by atoms with Gasteiger partial charge in [0.05, 0.1) is 23.1 Å². The molecule has 5 rings (SSSR count). The molecule has 2 N–H and O–H groups in total. The van der Waals surface area contributed by atoms with Crippen molar-refractivity contribution in [2.75, 3.05) is 23.7 Å². The van der Waals surface area contributed by atoms with Gasteiger partial charge in [-0.15, -0.1) is 0 Å². The minimum atomic E-state index is 0.472. The van der Waals surface area contributed by atoms with Gasteiger partial charge < -0.3 is 10.6 Å². The molecule has 1 aliphatic heterocycles. The predicted molar refractivity (Wildman–Crippen MR) is 118 cm³/mol. The summed E-state index contributed by atoms with van der Waals surface area (Å²) in [6.45, 7) is 8.64. The van der Waals surface area contributed by atoms with E-state index in [1.807, 2.05) is 37.6 Å². The van der Waals surface area contributed by atoms with Crippen LogP contribution in [-0.2, 0) is 6.54 Å². The lowest BCUT2D eigenvalue weighted by molar-refractivity contribution is 0.691. The summed E-state index contributed by atoms with van der Waals surface area (Å²) in [5.41, 5.74) is 9.83. The largest absolute Gasteiger partial charge is 0.383 e. The van der Waals surface area contributed by atoms with E-state index < -0.39 is 0 Å². The van der Waals surface area contributed by atoms with Gasteiger partial charge in [-0.25, -0.2) is 19.6 Å². The molecule has 7 nitrogen and oxygen atoms in total. The van der Waals surface area contributed by atoms with E-state index >= 15 is 0 Å². The van der Waals surface area contributed by atoms with Crippen molar-refractivity contribution in [2.24, 2.45) is 0 Å². The lowest BCUT2D eigenvalue weighted by atomic mass is 10.1. The van der Waals surface area contributed by atoms with Crippen molar-refractivity contribution in [2.45, 2.75) is 40.2 Å². The van der Waals surface area contributed by atoms with Gasteiger partial charge in [0.25, 0.3) is 0 Å². The van der Waals surface area contributed by atoms with Crippen LogP contribution in [0.25, 0.3) is 21.9 Å². The highest BCUT2D eigenvalue weighted by Crippen LogP contribution is 2.28. The maximum atomic E-state index is 6.04. The average Bonchev–Trinajstić information content (AvgIpc) is 3.38. The topological polar surface area (TPSA) is 85.8 Å². The standard InChI is InChI=1S/C20H21N7.C2H6/c1-13-17-18(21)22-12-23-20(17)27(25-13)11-15-10-14-6-2-3-7-16(14)24-19(15)26-8-4-5-9-26;1-2/h2-3,6-7,10,12H,4-5,8-9,11H2,1H3,(H2,21,22,23);1-2H3. The molecule has 7 heteroatoms. The molecule has 0 aliphatic carbocycles. The van der Waals surface area contributed by atoms with E-state index in [1.54, 1.807) is 0 Å². The number of nitrogens with zero attached hydrogens (tertiary/aromatic N) is 6. The van der Waals surface area contributed by atoms with Crippen molar-refractivity contribution < 1.29 is 0 Å². The number of aryl methyl sites for hydroxylation is 1. The number of anilines is 2. The molecule has 0 saturated carbocycles. The average molecular weight is 390 g/mol. The molecule has 150 valence electrons. The highest BCUT2D eigenvalue weighted by Gasteiger charge is 2.20. The fourth-order valence-corrected chi connectivity index (χ4v) is 3.95. The van der Waals surface area contributed by atoms with Crippen molar-refractivity contribution in [1.82, 2.24) is 24.7 Å². The van der Waals surface area contributed by atoms with Crippen molar-refractivity contribution in [3.05, 3.63) is 47.9 Å². The van der Waals surface area contributed by atoms with E-state index in [1.165, 1.54) is 19.2 Å². The Morgan fingerprint density at radius 1 is 1.07 bits per heavy atom. The number of hydrogen-bond acceptors (Lipinski definition) is 6. The fraction of sp³-hybridized carbons (Fsp3) is 0.364. The highest BCUT2D eigenvalue weighted by atomic mass is 15.3. The molecule has 0 amide bonds. The van der Waals surface area contributed by atoms with E-state index in [4.69, 9.17) is 10.7 Å². The van der Waals surface area contributed by atoms with E-state index in [0.717, 1.165) is 52.1 Å². The molecule has 4 aromatic rings. The molecule has 1 saturated heterocycles. The summed E-state index contributed by atoms with van der Waals surface area (Å²) in [4.78, 5) is 15.9. The third-order valence-electron chi connectivity index (χ3n) is 5.24. The zero-order valence-corrected chi connectivity index (χ0v) is 17.3. The number of aromatic nitrogens is 5. The first-order valence-corrected chi connectivity index (χ1v) is 10.3. The van der Waals surface area contributed by atoms with Gasteiger partial charge >= 0.3 is 0 Å². The van der Waals surface area contributed by atoms with E-state index in [0.29, 0.717) is 12.4 Å². The highest BCUT2D eigenvalue weighted by molar-refractivity contribution is 5.88. The normalized spacial score (nSPS) is 13.7. The van der Waals surface area contributed by atoms with Gasteiger partial charge in [-0.1, -0.05) is 32.0 Å². The van der Waals surface area contributed by atoms with Crippen LogP contribution in [0.1, 0.15) is 37.9 Å². The minimum Gasteiger partial charge on any atom is -0.383 e. The van der Waals surface area contributed by atoms with Crippen LogP contribution in [0.4, 0.5) is 11.6 Å². The maximum Gasteiger partial charge on any atom is 0.163 e. The first-order valence-electron chi connectivity index (χ1n) is 10.3. The molecule has 29 heavy (non-hydrogen) atoms. The van der Waals surface area contributed by atoms with E-state index in [-0.39, 0.29) is 0 Å². The predicted octanol–water partition coefficient (Wildman–Crippen LogP) is 3.94. The lowest BCUT2D eigenvalue weighted by Gasteiger charge is -2.21. The first-order chi connectivity index (χ1) is 14.2. The Balaban J connectivity index is 0.000000994. The van der Waals surface area contributed by atoms with Crippen molar-refractivity contribution in [1.29, 1.82) is 0 Å². The quantitative estimate of drug-likeness (QED) is 0.571. The second kappa shape index (κ2) is 8.03. The van der Waals surface area contributed by atoms with Crippen LogP contribution in [0.15, 0.2) is 36.7 Å². The molecule has 1 aromatic carbocycles. The molecule has 3 aromatic heterocycles. The summed E-state index contributed by atoms with van der Waals surface area (Å²) >= 11 is 0. The monoisotopic (exact) mass is 389 g/mol. The molecule has 0 bridgehead atoms. The summed E-state index contributed by atoms with van der Waals surface area (Å²) in [6.07, 6.45) is 3.92. The number of rotatable bonds is 3. The number of hydrogen-bond donors (Lipinski definition) is 1. The Morgan fingerprint density at radius 2 is 1.83 bits per heavy atom. The van der Waals surface area contributed by atoms with Crippen LogP contribution in [0.5, 0.6) is 0 Å². The zero-order chi connectivity index (χ0) is 20.4. The molecule has 1 fully saturated rings. The molecule has 0 radical (unpaired) electrons. The van der Waals surface area contributed by atoms with Gasteiger partial charge in [0.15, 0.2) is 5.65 Å². The fourth-order valence-electron chi connectivity index (χ4n) is 3.95. The third-order valence-corrected chi connectivity index (χ3v) is 5.24. The Hall–Kier alpha value is -3.22. The number of fused-ring (bicyclic) bond motifs is 2. The lowest BCUT2D eigenvalue weighted by Crippen LogP contribution is -2.21. The molecular formula is C22H27N7. The number of benzene rings is 1. The van der Waals surface area contributed by atoms with Crippen molar-refractivity contribution in [3.63, 3.8) is 0 Å². The van der Waals surface area contributed by atoms with Crippen LogP contribution in [0, 0.1) is 6.92 Å². The van der Waals surface area contributed by atoms with Gasteiger partial charge in [-0.2, -0.15) is 5.10 Å². The van der Waals surface area contributed by atoms with Crippen LogP contribution >= 0.6 is 0 Å². The van der Waals surface area contributed by atoms with Crippen molar-refractivity contribution in [3.8, 4) is 0 Å². The number of nitrogens with two attached hydrogens (primary N) is 1. The Bertz CT molecular complexity index is 1140. The second-order valence-corrected chi connectivity index (χ2v) is 7.06. The van der Waals surface area contributed by atoms with Gasteiger partial charge in [0.1, 0.15) is 18.0 Å². The van der Waals surface area contributed by atoms with Crippen LogP contribution in [0.2, 0.25) is 0 Å². The van der Waals surface area contributed by atoms with Crippen LogP contribution in [-0.4, -0.2) is 37.8 Å². The zero-order valence-electron chi connectivity index (χ0n) is 17.3. The van der Waals surface area contributed by atoms with Crippen molar-refractivity contribution >= 4 is 33.6 Å². The number of nitrogen functional groups attached to an aromatic ring is 1. The SMILES string of the molecule is CC.Cc1nn(Cc2cc3ccccc3nc2N2CCCC2)c2ncnc(N)c12. The van der Waals surface area contributed by atoms with E-state index in [2.05, 4.69) is 38.2 Å². The molecular weight excluding hydrogens is 362 g/mol. The van der Waals surface area contributed by atoms with Gasteiger partial charge in [0.2, 0.25) is 0 Å². The first kappa shape index (κ1) is 19.1. The summed E-state index contributed by atoms with van der Waals surface area (Å²) < 4.78 is 1.91. The summed E-state index contributed by atoms with van der Waals surface area (Å²) in [6, 6.07) is 10.5. The van der Waals surface area contributed by atoms with Crippen LogP contribution in [0.3, 0.4) is 0 Å². The summed E-state index contributed by atoms with van der Waals surface area (Å²) in [5.74, 6) is 1.52. The summed E-state index contributed by atoms with van der Waals surface area (Å²) in [5, 5.41) is 6.65. The van der Waals surface area contributed by atoms with Crippen LogP contribution < -0.4 is 10.6 Å². The Morgan fingerprint density at radius 3 is 2.62 bits per heavy atom. The third kappa shape index (κ3) is 3.48. The molecule has 0 atom stereocenters. The molecule has 4 heterocycles. The number of para-hydroxylation sites is 1. The Labute approximate surface area is 170 Å². The minimum absolute atomic E-state index is 0.472. The maximum absolute atomic E-state index is 6.04. The number of pyridine rings is 1. The second-order valence-electron chi connectivity index (χ2n) is 7.06. The Kier molecular flexibility index (Phi) is 5.29.